The number of ketones is 1. The first kappa shape index (κ1) is 57.7. The summed E-state index contributed by atoms with van der Waals surface area (Å²) in [6, 6.07) is 78.6. The van der Waals surface area contributed by atoms with Gasteiger partial charge in [-0.3, -0.25) is 4.79 Å². The number of phenols is 4. The third-order valence-corrected chi connectivity index (χ3v) is 26.7. The molecule has 1 aliphatic heterocycles. The second-order valence-electron chi connectivity index (χ2n) is 24.4. The smallest absolute Gasteiger partial charge is 0.319 e. The Balaban J connectivity index is 0.951. The number of aromatic hydroxyl groups is 4. The van der Waals surface area contributed by atoms with E-state index in [1.807, 2.05) is 115 Å². The van der Waals surface area contributed by atoms with Gasteiger partial charge in [-0.05, 0) is 94.0 Å². The predicted molar refractivity (Wildman–Crippen MR) is 345 cm³/mol. The van der Waals surface area contributed by atoms with Crippen LogP contribution >= 0.6 is 0 Å². The fraction of sp³-hybridized carbons (Fsp3) is 0.187. The molecule has 10 aromatic rings. The minimum atomic E-state index is -3.02. The molecule has 8 nitrogen and oxygen atoms in total. The first-order chi connectivity index (χ1) is 40.9. The molecule has 0 fully saturated rings. The van der Waals surface area contributed by atoms with E-state index in [1.54, 1.807) is 12.1 Å². The lowest BCUT2D eigenvalue weighted by molar-refractivity contribution is 0.0842. The average molecular weight is 1160 g/mol. The van der Waals surface area contributed by atoms with Crippen LogP contribution in [0.5, 0.6) is 40.2 Å². The van der Waals surface area contributed by atoms with Gasteiger partial charge in [0.2, 0.25) is 0 Å². The second-order valence-corrected chi connectivity index (χ2v) is 32.8. The van der Waals surface area contributed by atoms with E-state index in [1.165, 1.54) is 0 Å². The summed E-state index contributed by atoms with van der Waals surface area (Å²) in [7, 11) is -6.03. The molecule has 1 atom stereocenters. The lowest BCUT2D eigenvalue weighted by Crippen LogP contribution is -2.68. The van der Waals surface area contributed by atoms with Crippen LogP contribution in [-0.2, 0) is 25.7 Å². The van der Waals surface area contributed by atoms with Gasteiger partial charge in [-0.15, -0.1) is 0 Å². The predicted octanol–water partition coefficient (Wildman–Crippen LogP) is 14.5. The molecule has 0 spiro atoms. The Bertz CT molecular complexity index is 3910. The SMILES string of the molecule is CC(C)(C)[Si](Oc1ccccc1Cc1ccc(O)c(Cc2c(O)c(Cc3cc(Cc4ccccc4O[Si](c4ccccc4)(c4ccccc4)C(C)(C)C)ccc3O)c3c(c2O)C(=O)C[C@@H](c2ccccc2)O3)c1)(c1ccccc1)c1ccccc1. The Morgan fingerprint density at radius 2 is 0.788 bits per heavy atom. The standard InChI is InChI=1S/C75H72O8Si2/c1-74(2,3)84(58-30-14-8-15-31-58,59-32-16-9-17-33-59)82-67-38-24-22-28-54(67)44-51-40-42-64(76)56(46-51)48-62-71(79)63(73-70(72(62)80)66(78)50-69(81-73)53-26-12-7-13-27-53)49-57-47-52(41-43-65(57)77)45-55-29-23-25-39-68(55)83-85(75(4,5)6,60-34-18-10-19-35-60)61-36-20-11-21-37-61/h7-43,46-47,69,76-77,79-80H,44-45,48-50H2,1-6H3/t69-/m0/s1. The number of hydrogen-bond donors (Lipinski definition) is 4. The van der Waals surface area contributed by atoms with Crippen molar-refractivity contribution in [3.8, 4) is 40.2 Å². The van der Waals surface area contributed by atoms with E-state index in [0.717, 1.165) is 60.1 Å². The Labute approximate surface area is 501 Å². The zero-order valence-electron chi connectivity index (χ0n) is 49.1. The van der Waals surface area contributed by atoms with Gasteiger partial charge in [-0.25, -0.2) is 0 Å². The van der Waals surface area contributed by atoms with Crippen molar-refractivity contribution in [2.75, 3.05) is 0 Å². The highest BCUT2D eigenvalue weighted by Crippen LogP contribution is 2.51. The van der Waals surface area contributed by atoms with Crippen molar-refractivity contribution >= 4 is 43.2 Å². The van der Waals surface area contributed by atoms with Crippen LogP contribution in [0.2, 0.25) is 10.1 Å². The Morgan fingerprint density at radius 1 is 0.424 bits per heavy atom. The largest absolute Gasteiger partial charge is 0.534 e. The van der Waals surface area contributed by atoms with E-state index < -0.39 is 28.5 Å². The Hall–Kier alpha value is -9.10. The van der Waals surface area contributed by atoms with Gasteiger partial charge in [0.15, 0.2) is 5.78 Å². The number of Topliss-reactive ketones (excluding diaryl/α,β-unsaturated/α-hetero) is 1. The summed E-state index contributed by atoms with van der Waals surface area (Å²) in [5.41, 5.74) is 5.52. The van der Waals surface area contributed by atoms with E-state index in [4.69, 9.17) is 13.6 Å². The summed E-state index contributed by atoms with van der Waals surface area (Å²) in [4.78, 5) is 14.6. The highest BCUT2D eigenvalue weighted by Gasteiger charge is 2.53. The van der Waals surface area contributed by atoms with E-state index in [9.17, 15) is 25.2 Å². The number of fused-ring (bicyclic) bond motifs is 1. The highest BCUT2D eigenvalue weighted by molar-refractivity contribution is 7.00. The van der Waals surface area contributed by atoms with Crippen molar-refractivity contribution in [3.63, 3.8) is 0 Å². The molecule has 428 valence electrons. The van der Waals surface area contributed by atoms with Crippen LogP contribution in [-0.4, -0.2) is 42.8 Å². The van der Waals surface area contributed by atoms with Gasteiger partial charge in [0.05, 0.1) is 6.42 Å². The van der Waals surface area contributed by atoms with Gasteiger partial charge in [0.25, 0.3) is 0 Å². The summed E-state index contributed by atoms with van der Waals surface area (Å²) in [6.45, 7) is 13.5. The third kappa shape index (κ3) is 11.4. The number of carbonyl (C=O) groups excluding carboxylic acids is 1. The van der Waals surface area contributed by atoms with Crippen molar-refractivity contribution in [1.29, 1.82) is 0 Å². The van der Waals surface area contributed by atoms with Crippen molar-refractivity contribution in [2.24, 2.45) is 0 Å². The van der Waals surface area contributed by atoms with Crippen LogP contribution in [0.15, 0.2) is 237 Å². The molecule has 0 aromatic heterocycles. The van der Waals surface area contributed by atoms with Gasteiger partial charge in [0, 0.05) is 36.8 Å². The average Bonchev–Trinajstić information content (AvgIpc) is 1.29. The van der Waals surface area contributed by atoms with Crippen molar-refractivity contribution in [2.45, 2.75) is 89.8 Å². The van der Waals surface area contributed by atoms with Crippen molar-refractivity contribution in [1.82, 2.24) is 0 Å². The van der Waals surface area contributed by atoms with Crippen LogP contribution in [0, 0.1) is 0 Å². The summed E-state index contributed by atoms with van der Waals surface area (Å²) in [5, 5.41) is 52.6. The van der Waals surface area contributed by atoms with E-state index in [-0.39, 0.29) is 74.8 Å². The monoisotopic (exact) mass is 1160 g/mol. The summed E-state index contributed by atoms with van der Waals surface area (Å²) >= 11 is 0. The molecular formula is C75H72O8Si2. The summed E-state index contributed by atoms with van der Waals surface area (Å²) in [5.74, 6) is 0.422. The molecule has 11 rings (SSSR count). The maximum Gasteiger partial charge on any atom is 0.319 e. The zero-order chi connectivity index (χ0) is 59.5. The van der Waals surface area contributed by atoms with Gasteiger partial charge < -0.3 is 34.0 Å². The number of rotatable bonds is 17. The molecule has 85 heavy (non-hydrogen) atoms. The molecular weight excluding hydrogens is 1080 g/mol. The van der Waals surface area contributed by atoms with Crippen LogP contribution in [0.1, 0.15) is 114 Å². The maximum absolute atomic E-state index is 14.6. The van der Waals surface area contributed by atoms with Crippen LogP contribution < -0.4 is 34.3 Å². The van der Waals surface area contributed by atoms with Crippen LogP contribution in [0.3, 0.4) is 0 Å². The second kappa shape index (κ2) is 23.9. The Morgan fingerprint density at radius 3 is 1.19 bits per heavy atom. The molecule has 0 amide bonds. The fourth-order valence-electron chi connectivity index (χ4n) is 12.6. The minimum Gasteiger partial charge on any atom is -0.534 e. The van der Waals surface area contributed by atoms with E-state index in [0.29, 0.717) is 24.0 Å². The number of carbonyl (C=O) groups is 1. The molecule has 0 saturated heterocycles. The van der Waals surface area contributed by atoms with Gasteiger partial charge in [-0.2, -0.15) is 0 Å². The first-order valence-electron chi connectivity index (χ1n) is 29.2. The topological polar surface area (TPSA) is 126 Å². The summed E-state index contributed by atoms with van der Waals surface area (Å²) in [6.07, 6.45) is -0.0793. The molecule has 10 aromatic carbocycles. The van der Waals surface area contributed by atoms with Gasteiger partial charge in [-0.1, -0.05) is 254 Å². The van der Waals surface area contributed by atoms with Gasteiger partial charge in [0.1, 0.15) is 51.9 Å². The zero-order valence-corrected chi connectivity index (χ0v) is 51.1. The lowest BCUT2D eigenvalue weighted by Gasteiger charge is -2.43. The molecule has 0 bridgehead atoms. The van der Waals surface area contributed by atoms with E-state index in [2.05, 4.69) is 151 Å². The number of para-hydroxylation sites is 2. The molecule has 0 radical (unpaired) electrons. The quantitative estimate of drug-likeness (QED) is 0.0665. The number of benzene rings is 10. The molecule has 1 heterocycles. The van der Waals surface area contributed by atoms with Crippen LogP contribution in [0.25, 0.3) is 0 Å². The molecule has 0 aliphatic carbocycles. The highest BCUT2D eigenvalue weighted by atomic mass is 28.4. The third-order valence-electron chi connectivity index (χ3n) is 16.8. The molecule has 10 heteroatoms. The van der Waals surface area contributed by atoms with Crippen molar-refractivity contribution < 1.29 is 38.8 Å². The minimum absolute atomic E-state index is 0.0188. The normalized spacial score (nSPS) is 13.6. The number of ether oxygens (including phenoxy) is 1. The molecule has 0 saturated carbocycles. The summed E-state index contributed by atoms with van der Waals surface area (Å²) < 4.78 is 21.8. The van der Waals surface area contributed by atoms with Crippen LogP contribution in [0.4, 0.5) is 0 Å². The van der Waals surface area contributed by atoms with Gasteiger partial charge >= 0.3 is 16.6 Å². The molecule has 0 unspecified atom stereocenters. The number of phenolic OH excluding ortho intramolecular Hbond substituents is 4. The van der Waals surface area contributed by atoms with Crippen molar-refractivity contribution in [3.05, 3.63) is 292 Å². The van der Waals surface area contributed by atoms with E-state index >= 15 is 0 Å². The maximum atomic E-state index is 14.6. The fourth-order valence-corrected chi connectivity index (χ4v) is 21.5. The number of hydrogen-bond acceptors (Lipinski definition) is 8. The first-order valence-corrected chi connectivity index (χ1v) is 33.0. The molecule has 4 N–H and O–H groups in total. The molecule has 1 aliphatic rings. The Kier molecular flexibility index (Phi) is 16.2. The lowest BCUT2D eigenvalue weighted by atomic mass is 9.87.